The molecule has 2 N–H and O–H groups in total. The Balaban J connectivity index is 2.25. The van der Waals surface area contributed by atoms with Crippen LogP contribution in [0.2, 0.25) is 0 Å². The van der Waals surface area contributed by atoms with Crippen molar-refractivity contribution in [3.8, 4) is 0 Å². The molecule has 0 saturated heterocycles. The molecule has 0 bridgehead atoms. The van der Waals surface area contributed by atoms with E-state index >= 15 is 0 Å². The smallest absolute Gasteiger partial charge is 0.0443 e. The zero-order valence-electron chi connectivity index (χ0n) is 11.5. The molecule has 0 atom stereocenters. The Morgan fingerprint density at radius 1 is 1.06 bits per heavy atom. The zero-order valence-corrected chi connectivity index (χ0v) is 11.5. The van der Waals surface area contributed by atoms with Crippen LogP contribution in [0.15, 0.2) is 42.5 Å². The van der Waals surface area contributed by atoms with E-state index in [0.29, 0.717) is 0 Å². The predicted molar refractivity (Wildman–Crippen MR) is 80.1 cm³/mol. The average molecular weight is 242 g/mol. The summed E-state index contributed by atoms with van der Waals surface area (Å²) in [5, 5.41) is 2.59. The molecule has 0 aliphatic carbocycles. The lowest BCUT2D eigenvalue weighted by Crippen LogP contribution is -2.36. The molecule has 18 heavy (non-hydrogen) atoms. The first-order chi connectivity index (χ1) is 8.47. The van der Waals surface area contributed by atoms with Crippen molar-refractivity contribution in [2.75, 3.05) is 18.5 Å². The summed E-state index contributed by atoms with van der Waals surface area (Å²) >= 11 is 0. The predicted octanol–water partition coefficient (Wildman–Crippen LogP) is 3.40. The molecule has 0 spiro atoms. The standard InChI is InChI=1S/C16H22N2/c1-16(2,17)11-12-18(3)15-10-6-8-13-7-4-5-9-14(13)15/h4-10H,11-12,17H2,1-3H3. The molecule has 2 heteroatoms. The lowest BCUT2D eigenvalue weighted by molar-refractivity contribution is 0.479. The number of anilines is 1. The maximum atomic E-state index is 6.05. The molecule has 0 aliphatic rings. The third kappa shape index (κ3) is 3.02. The summed E-state index contributed by atoms with van der Waals surface area (Å²) in [6.07, 6.45) is 0.979. The van der Waals surface area contributed by atoms with Crippen LogP contribution in [0.1, 0.15) is 20.3 Å². The summed E-state index contributed by atoms with van der Waals surface area (Å²) in [6, 6.07) is 14.9. The first kappa shape index (κ1) is 12.9. The van der Waals surface area contributed by atoms with E-state index in [1.54, 1.807) is 0 Å². The van der Waals surface area contributed by atoms with E-state index in [2.05, 4.69) is 68.3 Å². The highest BCUT2D eigenvalue weighted by atomic mass is 15.1. The molecule has 0 heterocycles. The van der Waals surface area contributed by atoms with Crippen LogP contribution in [-0.2, 0) is 0 Å². The summed E-state index contributed by atoms with van der Waals surface area (Å²) in [5.74, 6) is 0. The minimum atomic E-state index is -0.112. The van der Waals surface area contributed by atoms with Crippen LogP contribution in [-0.4, -0.2) is 19.1 Å². The molecule has 0 saturated carbocycles. The van der Waals surface area contributed by atoms with Gasteiger partial charge < -0.3 is 10.6 Å². The Labute approximate surface area is 109 Å². The molecule has 2 aromatic rings. The van der Waals surface area contributed by atoms with Crippen molar-refractivity contribution >= 4 is 16.5 Å². The molecular weight excluding hydrogens is 220 g/mol. The van der Waals surface area contributed by atoms with Gasteiger partial charge in [0.15, 0.2) is 0 Å². The van der Waals surface area contributed by atoms with Gasteiger partial charge in [0.2, 0.25) is 0 Å². The highest BCUT2D eigenvalue weighted by molar-refractivity contribution is 5.94. The lowest BCUT2D eigenvalue weighted by Gasteiger charge is -2.26. The molecule has 2 aromatic carbocycles. The Hall–Kier alpha value is -1.54. The maximum Gasteiger partial charge on any atom is 0.0443 e. The van der Waals surface area contributed by atoms with E-state index in [-0.39, 0.29) is 5.54 Å². The maximum absolute atomic E-state index is 6.05. The topological polar surface area (TPSA) is 29.3 Å². The second kappa shape index (κ2) is 4.99. The van der Waals surface area contributed by atoms with E-state index in [4.69, 9.17) is 5.73 Å². The fraction of sp³-hybridized carbons (Fsp3) is 0.375. The Kier molecular flexibility index (Phi) is 3.58. The zero-order chi connectivity index (χ0) is 13.2. The second-order valence-corrected chi connectivity index (χ2v) is 5.66. The summed E-state index contributed by atoms with van der Waals surface area (Å²) in [7, 11) is 2.13. The van der Waals surface area contributed by atoms with Crippen LogP contribution in [0, 0.1) is 0 Å². The van der Waals surface area contributed by atoms with Crippen LogP contribution in [0.5, 0.6) is 0 Å². The van der Waals surface area contributed by atoms with Gasteiger partial charge in [-0.1, -0.05) is 36.4 Å². The Bertz CT molecular complexity index is 521. The Morgan fingerprint density at radius 2 is 1.72 bits per heavy atom. The number of nitrogens with two attached hydrogens (primary N) is 1. The molecule has 2 rings (SSSR count). The summed E-state index contributed by atoms with van der Waals surface area (Å²) in [4.78, 5) is 2.29. The lowest BCUT2D eigenvalue weighted by atomic mass is 10.0. The van der Waals surface area contributed by atoms with Crippen LogP contribution in [0.3, 0.4) is 0 Å². The number of hydrogen-bond acceptors (Lipinski definition) is 2. The van der Waals surface area contributed by atoms with E-state index in [1.807, 2.05) is 0 Å². The van der Waals surface area contributed by atoms with Gasteiger partial charge >= 0.3 is 0 Å². The SMILES string of the molecule is CN(CCC(C)(C)N)c1cccc2ccccc12. The van der Waals surface area contributed by atoms with Gasteiger partial charge in [0, 0.05) is 30.2 Å². The minimum absolute atomic E-state index is 0.112. The molecular formula is C16H22N2. The molecule has 0 aromatic heterocycles. The van der Waals surface area contributed by atoms with Gasteiger partial charge in [0.1, 0.15) is 0 Å². The fourth-order valence-electron chi connectivity index (χ4n) is 2.12. The molecule has 0 amide bonds. The van der Waals surface area contributed by atoms with Gasteiger partial charge in [-0.2, -0.15) is 0 Å². The van der Waals surface area contributed by atoms with Crippen molar-refractivity contribution in [2.24, 2.45) is 5.73 Å². The van der Waals surface area contributed by atoms with Crippen LogP contribution >= 0.6 is 0 Å². The number of benzene rings is 2. The van der Waals surface area contributed by atoms with Gasteiger partial charge in [-0.3, -0.25) is 0 Å². The van der Waals surface area contributed by atoms with Gasteiger partial charge in [-0.25, -0.2) is 0 Å². The normalized spacial score (nSPS) is 11.8. The molecule has 0 aliphatic heterocycles. The summed E-state index contributed by atoms with van der Waals surface area (Å²) in [6.45, 7) is 5.12. The highest BCUT2D eigenvalue weighted by Crippen LogP contribution is 2.26. The van der Waals surface area contributed by atoms with Crippen molar-refractivity contribution in [1.82, 2.24) is 0 Å². The van der Waals surface area contributed by atoms with Gasteiger partial charge in [-0.05, 0) is 31.7 Å². The first-order valence-corrected chi connectivity index (χ1v) is 6.45. The second-order valence-electron chi connectivity index (χ2n) is 5.66. The third-order valence-corrected chi connectivity index (χ3v) is 3.27. The average Bonchev–Trinajstić information content (AvgIpc) is 2.34. The molecule has 2 nitrogen and oxygen atoms in total. The van der Waals surface area contributed by atoms with E-state index < -0.39 is 0 Å². The number of hydrogen-bond donors (Lipinski definition) is 1. The van der Waals surface area contributed by atoms with Crippen LogP contribution in [0.25, 0.3) is 10.8 Å². The van der Waals surface area contributed by atoms with Crippen LogP contribution in [0.4, 0.5) is 5.69 Å². The van der Waals surface area contributed by atoms with Crippen molar-refractivity contribution in [2.45, 2.75) is 25.8 Å². The number of nitrogens with zero attached hydrogens (tertiary/aromatic N) is 1. The largest absolute Gasteiger partial charge is 0.374 e. The number of rotatable bonds is 4. The van der Waals surface area contributed by atoms with E-state index in [1.165, 1.54) is 16.5 Å². The monoisotopic (exact) mass is 242 g/mol. The summed E-state index contributed by atoms with van der Waals surface area (Å²) < 4.78 is 0. The summed E-state index contributed by atoms with van der Waals surface area (Å²) in [5.41, 5.74) is 7.21. The molecule has 0 fully saturated rings. The number of fused-ring (bicyclic) bond motifs is 1. The van der Waals surface area contributed by atoms with Gasteiger partial charge in [0.25, 0.3) is 0 Å². The highest BCUT2D eigenvalue weighted by Gasteiger charge is 2.13. The van der Waals surface area contributed by atoms with Crippen LogP contribution < -0.4 is 10.6 Å². The van der Waals surface area contributed by atoms with E-state index in [0.717, 1.165) is 13.0 Å². The quantitative estimate of drug-likeness (QED) is 0.890. The molecule has 0 radical (unpaired) electrons. The fourth-order valence-corrected chi connectivity index (χ4v) is 2.12. The molecule has 0 unspecified atom stereocenters. The first-order valence-electron chi connectivity index (χ1n) is 6.45. The minimum Gasteiger partial charge on any atom is -0.374 e. The van der Waals surface area contributed by atoms with Crippen molar-refractivity contribution in [1.29, 1.82) is 0 Å². The third-order valence-electron chi connectivity index (χ3n) is 3.27. The van der Waals surface area contributed by atoms with Crippen molar-refractivity contribution in [3.05, 3.63) is 42.5 Å². The Morgan fingerprint density at radius 3 is 2.44 bits per heavy atom. The van der Waals surface area contributed by atoms with E-state index in [9.17, 15) is 0 Å². The van der Waals surface area contributed by atoms with Crippen molar-refractivity contribution in [3.63, 3.8) is 0 Å². The molecule has 96 valence electrons. The van der Waals surface area contributed by atoms with Gasteiger partial charge in [0.05, 0.1) is 0 Å². The van der Waals surface area contributed by atoms with Gasteiger partial charge in [-0.15, -0.1) is 0 Å². The van der Waals surface area contributed by atoms with Crippen molar-refractivity contribution < 1.29 is 0 Å².